The van der Waals surface area contributed by atoms with Gasteiger partial charge in [-0.1, -0.05) is 23.8 Å². The predicted molar refractivity (Wildman–Crippen MR) is 120 cm³/mol. The van der Waals surface area contributed by atoms with Crippen molar-refractivity contribution in [3.8, 4) is 0 Å². The molecule has 1 aromatic heterocycles. The summed E-state index contributed by atoms with van der Waals surface area (Å²) in [6.07, 6.45) is 5.15. The van der Waals surface area contributed by atoms with Gasteiger partial charge in [0.25, 0.3) is 5.91 Å². The van der Waals surface area contributed by atoms with Crippen LogP contribution in [0.4, 0.5) is 10.1 Å². The van der Waals surface area contributed by atoms with Gasteiger partial charge in [-0.05, 0) is 55.5 Å². The van der Waals surface area contributed by atoms with Crippen LogP contribution in [0, 0.1) is 18.7 Å². The number of carbonyl (C=O) groups is 2. The van der Waals surface area contributed by atoms with Crippen molar-refractivity contribution in [2.45, 2.75) is 45.6 Å². The number of nitrogens with zero attached hydrogens (tertiary/aromatic N) is 3. The highest BCUT2D eigenvalue weighted by molar-refractivity contribution is 6.06. The van der Waals surface area contributed by atoms with E-state index in [2.05, 4.69) is 11.2 Å². The first-order valence-corrected chi connectivity index (χ1v) is 11.1. The Morgan fingerprint density at radius 1 is 1.12 bits per heavy atom. The number of amides is 1. The highest BCUT2D eigenvalue weighted by Gasteiger charge is 2.29. The fourth-order valence-corrected chi connectivity index (χ4v) is 4.51. The molecule has 5 rings (SSSR count). The van der Waals surface area contributed by atoms with Crippen LogP contribution in [-0.4, -0.2) is 21.5 Å². The van der Waals surface area contributed by atoms with E-state index in [1.807, 2.05) is 30.8 Å². The fraction of sp³-hybridized carbons (Fsp3) is 0.346. The largest absolute Gasteiger partial charge is 0.304 e. The van der Waals surface area contributed by atoms with Gasteiger partial charge in [-0.15, -0.1) is 0 Å². The summed E-state index contributed by atoms with van der Waals surface area (Å²) in [6.45, 7) is 2.42. The summed E-state index contributed by atoms with van der Waals surface area (Å²) in [5.41, 5.74) is 5.88. The molecule has 1 aliphatic carbocycles. The van der Waals surface area contributed by atoms with Crippen LogP contribution < -0.4 is 4.90 Å². The molecule has 1 amide bonds. The maximum absolute atomic E-state index is 14.8. The van der Waals surface area contributed by atoms with Gasteiger partial charge in [-0.25, -0.2) is 4.39 Å². The van der Waals surface area contributed by atoms with Gasteiger partial charge in [0, 0.05) is 48.3 Å². The summed E-state index contributed by atoms with van der Waals surface area (Å²) >= 11 is 0. The van der Waals surface area contributed by atoms with Crippen molar-refractivity contribution < 1.29 is 14.0 Å². The quantitative estimate of drug-likeness (QED) is 0.596. The molecule has 6 heteroatoms. The van der Waals surface area contributed by atoms with Crippen LogP contribution in [-0.2, 0) is 31.2 Å². The van der Waals surface area contributed by atoms with Crippen molar-refractivity contribution in [3.63, 3.8) is 0 Å². The number of hydrogen-bond acceptors (Lipinski definition) is 3. The number of fused-ring (bicyclic) bond motifs is 2. The van der Waals surface area contributed by atoms with Crippen LogP contribution in [0.15, 0.2) is 42.6 Å². The molecule has 2 aromatic carbocycles. The van der Waals surface area contributed by atoms with Gasteiger partial charge in [0.1, 0.15) is 11.6 Å². The molecule has 0 spiro atoms. The van der Waals surface area contributed by atoms with E-state index in [1.54, 1.807) is 23.2 Å². The van der Waals surface area contributed by atoms with E-state index < -0.39 is 5.82 Å². The molecule has 0 N–H and O–H groups in total. The van der Waals surface area contributed by atoms with Crippen molar-refractivity contribution in [3.05, 3.63) is 81.9 Å². The lowest BCUT2D eigenvalue weighted by Crippen LogP contribution is -2.30. The Hall–Kier alpha value is -3.28. The van der Waals surface area contributed by atoms with Crippen LogP contribution in [0.2, 0.25) is 0 Å². The molecule has 5 nitrogen and oxygen atoms in total. The van der Waals surface area contributed by atoms with Crippen molar-refractivity contribution in [1.29, 1.82) is 0 Å². The lowest BCUT2D eigenvalue weighted by atomic mass is 10.0. The summed E-state index contributed by atoms with van der Waals surface area (Å²) in [7, 11) is 1.91. The lowest BCUT2D eigenvalue weighted by Gasteiger charge is -2.23. The van der Waals surface area contributed by atoms with Gasteiger partial charge in [0.15, 0.2) is 0 Å². The summed E-state index contributed by atoms with van der Waals surface area (Å²) in [5.74, 6) is -0.275. The van der Waals surface area contributed by atoms with Gasteiger partial charge >= 0.3 is 0 Å². The normalized spacial score (nSPS) is 15.2. The fourth-order valence-electron chi connectivity index (χ4n) is 4.51. The van der Waals surface area contributed by atoms with E-state index in [-0.39, 0.29) is 17.6 Å². The Labute approximate surface area is 186 Å². The van der Waals surface area contributed by atoms with E-state index in [0.29, 0.717) is 36.9 Å². The number of rotatable bonds is 5. The number of ketones is 1. The first kappa shape index (κ1) is 20.6. The molecule has 2 aliphatic rings. The van der Waals surface area contributed by atoms with Gasteiger partial charge in [0.2, 0.25) is 0 Å². The Morgan fingerprint density at radius 3 is 2.69 bits per heavy atom. The minimum atomic E-state index is -0.430. The first-order valence-electron chi connectivity index (χ1n) is 11.1. The zero-order chi connectivity index (χ0) is 22.4. The minimum absolute atomic E-state index is 0.183. The number of Topliss-reactive ketones (excluding diaryl/α,β-unsaturated/α-hetero) is 1. The predicted octanol–water partition coefficient (Wildman–Crippen LogP) is 4.53. The summed E-state index contributed by atoms with van der Waals surface area (Å²) in [6, 6.07) is 10.7. The van der Waals surface area contributed by atoms with E-state index in [9.17, 15) is 14.0 Å². The molecule has 0 atom stereocenters. The van der Waals surface area contributed by atoms with Gasteiger partial charge in [-0.3, -0.25) is 14.3 Å². The Bertz CT molecular complexity index is 1230. The maximum atomic E-state index is 14.8. The van der Waals surface area contributed by atoms with E-state index in [0.717, 1.165) is 40.9 Å². The number of aryl methyl sites for hydroxylation is 3. The SMILES string of the molecule is Cc1ccc2c(c1)Cc1c(cnn1C)CN2C(=O)c1ccc(CCC(=O)C2CC2)c(F)c1. The van der Waals surface area contributed by atoms with Crippen LogP contribution in [0.25, 0.3) is 0 Å². The number of halogens is 1. The van der Waals surface area contributed by atoms with E-state index in [4.69, 9.17) is 0 Å². The van der Waals surface area contributed by atoms with Crippen molar-refractivity contribution in [2.75, 3.05) is 4.90 Å². The summed E-state index contributed by atoms with van der Waals surface area (Å²) < 4.78 is 16.7. The highest BCUT2D eigenvalue weighted by atomic mass is 19.1. The summed E-state index contributed by atoms with van der Waals surface area (Å²) in [4.78, 5) is 27.2. The van der Waals surface area contributed by atoms with Crippen LogP contribution in [0.3, 0.4) is 0 Å². The maximum Gasteiger partial charge on any atom is 0.258 e. The Kier molecular flexibility index (Phi) is 5.16. The molecule has 1 saturated carbocycles. The average molecular weight is 432 g/mol. The number of carbonyl (C=O) groups excluding carboxylic acids is 2. The molecule has 32 heavy (non-hydrogen) atoms. The smallest absolute Gasteiger partial charge is 0.258 e. The number of aromatic nitrogens is 2. The Morgan fingerprint density at radius 2 is 1.94 bits per heavy atom. The minimum Gasteiger partial charge on any atom is -0.304 e. The molecule has 0 bridgehead atoms. The molecular weight excluding hydrogens is 405 g/mol. The monoisotopic (exact) mass is 431 g/mol. The van der Waals surface area contributed by atoms with Crippen LogP contribution >= 0.6 is 0 Å². The van der Waals surface area contributed by atoms with Gasteiger partial charge in [0.05, 0.1) is 12.7 Å². The summed E-state index contributed by atoms with van der Waals surface area (Å²) in [5, 5.41) is 4.37. The molecule has 2 heterocycles. The van der Waals surface area contributed by atoms with Crippen molar-refractivity contribution >= 4 is 17.4 Å². The second-order valence-electron chi connectivity index (χ2n) is 8.99. The standard InChI is InChI=1S/C26H26FN3O2/c1-16-3-9-23-20(11-16)13-24-21(14-28-29(24)2)15-30(23)26(32)19-7-4-17(22(27)12-19)8-10-25(31)18-5-6-18/h3-4,7,9,11-12,14,18H,5-6,8,10,13,15H2,1-2H3. The molecule has 0 unspecified atom stereocenters. The number of benzene rings is 2. The molecule has 0 saturated heterocycles. The van der Waals surface area contributed by atoms with Crippen LogP contribution in [0.1, 0.15) is 57.6 Å². The second kappa shape index (κ2) is 8.01. The lowest BCUT2D eigenvalue weighted by molar-refractivity contribution is -0.120. The highest BCUT2D eigenvalue weighted by Crippen LogP contribution is 2.33. The first-order chi connectivity index (χ1) is 15.4. The molecule has 0 radical (unpaired) electrons. The topological polar surface area (TPSA) is 55.2 Å². The second-order valence-corrected chi connectivity index (χ2v) is 8.99. The van der Waals surface area contributed by atoms with E-state index >= 15 is 0 Å². The molecule has 164 valence electrons. The third kappa shape index (κ3) is 3.85. The van der Waals surface area contributed by atoms with Crippen molar-refractivity contribution in [2.24, 2.45) is 13.0 Å². The van der Waals surface area contributed by atoms with Crippen LogP contribution in [0.5, 0.6) is 0 Å². The van der Waals surface area contributed by atoms with Gasteiger partial charge in [-0.2, -0.15) is 5.10 Å². The van der Waals surface area contributed by atoms with Crippen molar-refractivity contribution in [1.82, 2.24) is 9.78 Å². The zero-order valence-electron chi connectivity index (χ0n) is 18.4. The average Bonchev–Trinajstić information content (AvgIpc) is 3.58. The molecule has 3 aromatic rings. The molecule has 1 fully saturated rings. The van der Waals surface area contributed by atoms with E-state index in [1.165, 1.54) is 6.07 Å². The Balaban J connectivity index is 1.44. The zero-order valence-corrected chi connectivity index (χ0v) is 18.4. The molecule has 1 aliphatic heterocycles. The third-order valence-electron chi connectivity index (χ3n) is 6.58. The third-order valence-corrected chi connectivity index (χ3v) is 6.58. The van der Waals surface area contributed by atoms with Gasteiger partial charge < -0.3 is 4.90 Å². The number of anilines is 1. The number of hydrogen-bond donors (Lipinski definition) is 0. The molecular formula is C26H26FN3O2.